The maximum Gasteiger partial charge on any atom is 0.138 e. The van der Waals surface area contributed by atoms with Crippen LogP contribution in [0.25, 0.3) is 0 Å². The van der Waals surface area contributed by atoms with Crippen LogP contribution >= 0.6 is 31.9 Å². The predicted octanol–water partition coefficient (Wildman–Crippen LogP) is 5.92. The first-order chi connectivity index (χ1) is 10.1. The summed E-state index contributed by atoms with van der Waals surface area (Å²) < 4.78 is 7.90. The van der Waals surface area contributed by atoms with Crippen LogP contribution in [0.1, 0.15) is 24.5 Å². The molecular formula is C17H19Br2NO. The van der Waals surface area contributed by atoms with Gasteiger partial charge in [0.25, 0.3) is 0 Å². The Morgan fingerprint density at radius 2 is 1.95 bits per heavy atom. The smallest absolute Gasteiger partial charge is 0.138 e. The molecule has 0 aliphatic rings. The van der Waals surface area contributed by atoms with Crippen LogP contribution in [0.2, 0.25) is 0 Å². The largest absolute Gasteiger partial charge is 0.492 e. The molecule has 112 valence electrons. The molecule has 0 unspecified atom stereocenters. The van der Waals surface area contributed by atoms with E-state index < -0.39 is 0 Å². The highest BCUT2D eigenvalue weighted by molar-refractivity contribution is 9.11. The molecule has 0 fully saturated rings. The van der Waals surface area contributed by atoms with Crippen LogP contribution in [-0.4, -0.2) is 6.61 Å². The third-order valence-electron chi connectivity index (χ3n) is 3.04. The van der Waals surface area contributed by atoms with Crippen molar-refractivity contribution in [2.24, 2.45) is 0 Å². The molecule has 2 nitrogen and oxygen atoms in total. The zero-order chi connectivity index (χ0) is 15.2. The second kappa shape index (κ2) is 7.85. The van der Waals surface area contributed by atoms with Gasteiger partial charge in [0, 0.05) is 22.3 Å². The molecule has 2 rings (SSSR count). The monoisotopic (exact) mass is 411 g/mol. The lowest BCUT2D eigenvalue weighted by Crippen LogP contribution is -2.05. The number of benzene rings is 2. The number of ether oxygens (including phenoxy) is 1. The molecule has 0 saturated heterocycles. The zero-order valence-corrected chi connectivity index (χ0v) is 15.4. The molecule has 0 heterocycles. The topological polar surface area (TPSA) is 21.3 Å². The van der Waals surface area contributed by atoms with Crippen LogP contribution < -0.4 is 10.1 Å². The number of nitrogens with one attached hydrogen (secondary N) is 1. The Morgan fingerprint density at radius 1 is 1.14 bits per heavy atom. The first kappa shape index (κ1) is 16.4. The van der Waals surface area contributed by atoms with Gasteiger partial charge in [0.15, 0.2) is 0 Å². The van der Waals surface area contributed by atoms with E-state index in [-0.39, 0.29) is 0 Å². The molecule has 0 aliphatic heterocycles. The number of rotatable bonds is 6. The molecule has 0 radical (unpaired) electrons. The molecule has 0 bridgehead atoms. The van der Waals surface area contributed by atoms with Gasteiger partial charge in [-0.15, -0.1) is 0 Å². The first-order valence-corrected chi connectivity index (χ1v) is 8.60. The summed E-state index contributed by atoms with van der Waals surface area (Å²) in [5, 5.41) is 3.45. The van der Waals surface area contributed by atoms with Gasteiger partial charge in [-0.2, -0.15) is 0 Å². The van der Waals surface area contributed by atoms with Gasteiger partial charge in [0.1, 0.15) is 5.75 Å². The molecule has 0 saturated carbocycles. The van der Waals surface area contributed by atoms with Crippen molar-refractivity contribution in [1.29, 1.82) is 0 Å². The Kier molecular flexibility index (Phi) is 6.12. The molecule has 1 N–H and O–H groups in total. The summed E-state index contributed by atoms with van der Waals surface area (Å²) in [6.07, 6.45) is 0.993. The second-order valence-corrected chi connectivity index (χ2v) is 6.72. The van der Waals surface area contributed by atoms with E-state index in [4.69, 9.17) is 4.74 Å². The van der Waals surface area contributed by atoms with E-state index in [1.54, 1.807) is 0 Å². The van der Waals surface area contributed by atoms with Crippen molar-refractivity contribution in [3.05, 3.63) is 56.5 Å². The van der Waals surface area contributed by atoms with Crippen molar-refractivity contribution < 1.29 is 4.74 Å². The molecule has 0 spiro atoms. The molecule has 0 amide bonds. The number of hydrogen-bond donors (Lipinski definition) is 1. The summed E-state index contributed by atoms with van der Waals surface area (Å²) in [7, 11) is 0. The summed E-state index contributed by atoms with van der Waals surface area (Å²) in [6, 6.07) is 12.5. The minimum Gasteiger partial charge on any atom is -0.492 e. The Bertz CT molecular complexity index is 614. The molecule has 0 aliphatic carbocycles. The van der Waals surface area contributed by atoms with Crippen LogP contribution in [0.15, 0.2) is 45.3 Å². The standard InChI is InChI=1S/C17H19Br2NO/c1-3-7-21-17-13(9-14(18)10-16(17)19)11-20-15-6-4-5-12(2)8-15/h4-6,8-10,20H,3,7,11H2,1-2H3. The van der Waals surface area contributed by atoms with E-state index in [1.165, 1.54) is 5.56 Å². The number of anilines is 1. The molecule has 2 aromatic carbocycles. The van der Waals surface area contributed by atoms with Crippen molar-refractivity contribution in [3.63, 3.8) is 0 Å². The average molecular weight is 413 g/mol. The van der Waals surface area contributed by atoms with Crippen LogP contribution in [-0.2, 0) is 6.54 Å². The maximum atomic E-state index is 5.88. The highest BCUT2D eigenvalue weighted by Gasteiger charge is 2.10. The van der Waals surface area contributed by atoms with Crippen molar-refractivity contribution in [3.8, 4) is 5.75 Å². The quantitative estimate of drug-likeness (QED) is 0.635. The normalized spacial score (nSPS) is 10.5. The van der Waals surface area contributed by atoms with Gasteiger partial charge in [-0.05, 0) is 59.1 Å². The van der Waals surface area contributed by atoms with E-state index in [0.717, 1.165) is 45.5 Å². The lowest BCUT2D eigenvalue weighted by atomic mass is 10.2. The molecule has 0 aromatic heterocycles. The van der Waals surface area contributed by atoms with E-state index in [2.05, 4.69) is 81.4 Å². The maximum absolute atomic E-state index is 5.88. The SMILES string of the molecule is CCCOc1c(Br)cc(Br)cc1CNc1cccc(C)c1. The molecule has 4 heteroatoms. The predicted molar refractivity (Wildman–Crippen MR) is 96.1 cm³/mol. The minimum atomic E-state index is 0.720. The second-order valence-electron chi connectivity index (χ2n) is 4.95. The molecule has 0 atom stereocenters. The van der Waals surface area contributed by atoms with Crippen LogP contribution in [0.3, 0.4) is 0 Å². The Morgan fingerprint density at radius 3 is 2.67 bits per heavy atom. The van der Waals surface area contributed by atoms with Gasteiger partial charge in [0.05, 0.1) is 11.1 Å². The molecule has 21 heavy (non-hydrogen) atoms. The van der Waals surface area contributed by atoms with Crippen LogP contribution in [0.5, 0.6) is 5.75 Å². The van der Waals surface area contributed by atoms with E-state index in [0.29, 0.717) is 0 Å². The first-order valence-electron chi connectivity index (χ1n) is 7.01. The van der Waals surface area contributed by atoms with Gasteiger partial charge in [-0.3, -0.25) is 0 Å². The lowest BCUT2D eigenvalue weighted by Gasteiger charge is -2.15. The summed E-state index contributed by atoms with van der Waals surface area (Å²) in [6.45, 7) is 5.65. The number of aryl methyl sites for hydroxylation is 1. The Balaban J connectivity index is 2.18. The highest BCUT2D eigenvalue weighted by Crippen LogP contribution is 2.33. The van der Waals surface area contributed by atoms with Crippen molar-refractivity contribution in [1.82, 2.24) is 0 Å². The molecular weight excluding hydrogens is 394 g/mol. The van der Waals surface area contributed by atoms with E-state index >= 15 is 0 Å². The average Bonchev–Trinajstić information content (AvgIpc) is 2.44. The van der Waals surface area contributed by atoms with Crippen LogP contribution in [0, 0.1) is 6.92 Å². The summed E-state index contributed by atoms with van der Waals surface area (Å²) in [5.41, 5.74) is 3.50. The molecule has 2 aromatic rings. The fraction of sp³-hybridized carbons (Fsp3) is 0.294. The van der Waals surface area contributed by atoms with E-state index in [1.807, 2.05) is 6.07 Å². The third-order valence-corrected chi connectivity index (χ3v) is 4.08. The van der Waals surface area contributed by atoms with Gasteiger partial charge >= 0.3 is 0 Å². The fourth-order valence-electron chi connectivity index (χ4n) is 2.06. The third kappa shape index (κ3) is 4.75. The lowest BCUT2D eigenvalue weighted by molar-refractivity contribution is 0.312. The minimum absolute atomic E-state index is 0.720. The van der Waals surface area contributed by atoms with Gasteiger partial charge < -0.3 is 10.1 Å². The highest BCUT2D eigenvalue weighted by atomic mass is 79.9. The van der Waals surface area contributed by atoms with Gasteiger partial charge in [-0.1, -0.05) is 35.0 Å². The number of halogens is 2. The summed E-state index contributed by atoms with van der Waals surface area (Å²) in [5.74, 6) is 0.917. The Hall–Kier alpha value is -1.00. The number of hydrogen-bond acceptors (Lipinski definition) is 2. The van der Waals surface area contributed by atoms with Crippen molar-refractivity contribution >= 4 is 37.5 Å². The van der Waals surface area contributed by atoms with Gasteiger partial charge in [-0.25, -0.2) is 0 Å². The van der Waals surface area contributed by atoms with Crippen LogP contribution in [0.4, 0.5) is 5.69 Å². The zero-order valence-electron chi connectivity index (χ0n) is 12.2. The van der Waals surface area contributed by atoms with Crippen molar-refractivity contribution in [2.75, 3.05) is 11.9 Å². The fourth-order valence-corrected chi connectivity index (χ4v) is 3.49. The summed E-state index contributed by atoms with van der Waals surface area (Å²) in [4.78, 5) is 0. The van der Waals surface area contributed by atoms with Gasteiger partial charge in [0.2, 0.25) is 0 Å². The summed E-state index contributed by atoms with van der Waals surface area (Å²) >= 11 is 7.12. The van der Waals surface area contributed by atoms with E-state index in [9.17, 15) is 0 Å². The Labute approximate surface area is 143 Å². The van der Waals surface area contributed by atoms with Crippen molar-refractivity contribution in [2.45, 2.75) is 26.8 Å².